The van der Waals surface area contributed by atoms with Gasteiger partial charge in [-0.05, 0) is 26.8 Å². The van der Waals surface area contributed by atoms with E-state index in [4.69, 9.17) is 4.74 Å². The Hall–Kier alpha value is -2.31. The fourth-order valence-electron chi connectivity index (χ4n) is 2.28. The second kappa shape index (κ2) is 6.21. The second-order valence-electron chi connectivity index (χ2n) is 6.15. The van der Waals surface area contributed by atoms with E-state index in [1.54, 1.807) is 17.2 Å². The number of carbonyl (C=O) groups excluding carboxylic acids is 1. The predicted octanol–water partition coefficient (Wildman–Crippen LogP) is 1.84. The number of rotatable bonds is 2. The van der Waals surface area contributed by atoms with E-state index in [2.05, 4.69) is 4.98 Å². The van der Waals surface area contributed by atoms with Crippen LogP contribution < -0.4 is 4.90 Å². The van der Waals surface area contributed by atoms with E-state index in [0.29, 0.717) is 31.9 Å². The van der Waals surface area contributed by atoms with E-state index in [9.17, 15) is 14.7 Å². The molecule has 1 aromatic rings. The molecule has 1 fully saturated rings. The molecule has 2 rings (SSSR count). The van der Waals surface area contributed by atoms with Crippen LogP contribution in [0.3, 0.4) is 0 Å². The molecule has 0 saturated carbocycles. The summed E-state index contributed by atoms with van der Waals surface area (Å²) in [6.07, 6.45) is 2.58. The topological polar surface area (TPSA) is 83.0 Å². The van der Waals surface area contributed by atoms with Crippen LogP contribution in [0, 0.1) is 0 Å². The number of carboxylic acid groups (broad SMARTS) is 1. The first-order valence-corrected chi connectivity index (χ1v) is 7.18. The first kappa shape index (κ1) is 16.1. The third-order valence-corrected chi connectivity index (χ3v) is 3.30. The number of amides is 1. The van der Waals surface area contributed by atoms with Crippen LogP contribution in [0.1, 0.15) is 31.1 Å². The molecule has 1 saturated heterocycles. The molecule has 2 heterocycles. The molecular formula is C15H21N3O4. The van der Waals surface area contributed by atoms with Gasteiger partial charge in [0, 0.05) is 38.6 Å². The van der Waals surface area contributed by atoms with Crippen LogP contribution in [0.25, 0.3) is 0 Å². The van der Waals surface area contributed by atoms with Crippen molar-refractivity contribution in [3.8, 4) is 0 Å². The summed E-state index contributed by atoms with van der Waals surface area (Å²) in [6.45, 7) is 7.60. The van der Waals surface area contributed by atoms with Crippen LogP contribution in [-0.2, 0) is 4.74 Å². The number of piperazine rings is 1. The number of carbonyl (C=O) groups is 2. The standard InChI is InChI=1S/C15H21N3O4/c1-15(2,3)22-14(21)18-8-6-17(7-9-18)12-4-5-16-10-11(12)13(19)20/h4-5,10H,6-9H2,1-3H3,(H,19,20). The van der Waals surface area contributed by atoms with Crippen molar-refractivity contribution in [2.75, 3.05) is 31.1 Å². The Morgan fingerprint density at radius 2 is 1.86 bits per heavy atom. The summed E-state index contributed by atoms with van der Waals surface area (Å²) >= 11 is 0. The van der Waals surface area contributed by atoms with Gasteiger partial charge in [-0.1, -0.05) is 0 Å². The van der Waals surface area contributed by atoms with Crippen molar-refractivity contribution in [3.63, 3.8) is 0 Å². The highest BCUT2D eigenvalue weighted by atomic mass is 16.6. The van der Waals surface area contributed by atoms with Gasteiger partial charge in [-0.15, -0.1) is 0 Å². The summed E-state index contributed by atoms with van der Waals surface area (Å²) in [4.78, 5) is 30.7. The van der Waals surface area contributed by atoms with Crippen LogP contribution in [0.4, 0.5) is 10.5 Å². The minimum absolute atomic E-state index is 0.174. The minimum atomic E-state index is -1.00. The van der Waals surface area contributed by atoms with E-state index >= 15 is 0 Å². The summed E-state index contributed by atoms with van der Waals surface area (Å²) in [7, 11) is 0. The average molecular weight is 307 g/mol. The lowest BCUT2D eigenvalue weighted by Crippen LogP contribution is -2.50. The number of aromatic carboxylic acids is 1. The van der Waals surface area contributed by atoms with Gasteiger partial charge < -0.3 is 19.6 Å². The maximum absolute atomic E-state index is 12.0. The summed E-state index contributed by atoms with van der Waals surface area (Å²) in [5.74, 6) is -1.00. The molecule has 0 radical (unpaired) electrons. The Labute approximate surface area is 129 Å². The first-order chi connectivity index (χ1) is 10.3. The molecule has 0 unspecified atom stereocenters. The molecule has 0 atom stereocenters. The lowest BCUT2D eigenvalue weighted by atomic mass is 10.2. The van der Waals surface area contributed by atoms with Crippen LogP contribution in [-0.4, -0.2) is 58.8 Å². The van der Waals surface area contributed by atoms with Gasteiger partial charge in [-0.3, -0.25) is 4.98 Å². The smallest absolute Gasteiger partial charge is 0.410 e. The van der Waals surface area contributed by atoms with Crippen LogP contribution >= 0.6 is 0 Å². The first-order valence-electron chi connectivity index (χ1n) is 7.18. The van der Waals surface area contributed by atoms with E-state index < -0.39 is 11.6 Å². The van der Waals surface area contributed by atoms with Gasteiger partial charge in [-0.25, -0.2) is 9.59 Å². The van der Waals surface area contributed by atoms with Gasteiger partial charge in [0.1, 0.15) is 11.2 Å². The van der Waals surface area contributed by atoms with Crippen LogP contribution in [0.5, 0.6) is 0 Å². The molecule has 1 amide bonds. The molecule has 1 N–H and O–H groups in total. The maximum atomic E-state index is 12.0. The molecule has 0 spiro atoms. The number of hydrogen-bond acceptors (Lipinski definition) is 5. The molecule has 22 heavy (non-hydrogen) atoms. The maximum Gasteiger partial charge on any atom is 0.410 e. The zero-order valence-corrected chi connectivity index (χ0v) is 13.1. The van der Waals surface area contributed by atoms with Gasteiger partial charge in [0.05, 0.1) is 5.69 Å². The Morgan fingerprint density at radius 1 is 1.23 bits per heavy atom. The fourth-order valence-corrected chi connectivity index (χ4v) is 2.28. The number of ether oxygens (including phenoxy) is 1. The molecule has 0 aliphatic carbocycles. The van der Waals surface area contributed by atoms with Crippen molar-refractivity contribution < 1.29 is 19.4 Å². The lowest BCUT2D eigenvalue weighted by molar-refractivity contribution is 0.0240. The summed E-state index contributed by atoms with van der Waals surface area (Å²) in [6, 6.07) is 1.69. The molecule has 120 valence electrons. The zero-order chi connectivity index (χ0) is 16.3. The number of carboxylic acids is 1. The number of nitrogens with zero attached hydrogens (tertiary/aromatic N) is 3. The summed E-state index contributed by atoms with van der Waals surface area (Å²) in [5.41, 5.74) is 0.287. The second-order valence-corrected chi connectivity index (χ2v) is 6.15. The van der Waals surface area contributed by atoms with Gasteiger partial charge in [-0.2, -0.15) is 0 Å². The van der Waals surface area contributed by atoms with E-state index in [0.717, 1.165) is 0 Å². The third kappa shape index (κ3) is 3.87. The molecule has 7 nitrogen and oxygen atoms in total. The van der Waals surface area contributed by atoms with Crippen molar-refractivity contribution in [2.45, 2.75) is 26.4 Å². The van der Waals surface area contributed by atoms with Crippen molar-refractivity contribution in [3.05, 3.63) is 24.0 Å². The highest BCUT2D eigenvalue weighted by molar-refractivity contribution is 5.94. The van der Waals surface area contributed by atoms with Crippen LogP contribution in [0.2, 0.25) is 0 Å². The quantitative estimate of drug-likeness (QED) is 0.897. The Kier molecular flexibility index (Phi) is 4.54. The molecule has 0 aromatic carbocycles. The molecule has 0 bridgehead atoms. The SMILES string of the molecule is CC(C)(C)OC(=O)N1CCN(c2ccncc2C(=O)O)CC1. The Bertz CT molecular complexity index is 560. The lowest BCUT2D eigenvalue weighted by Gasteiger charge is -2.37. The van der Waals surface area contributed by atoms with E-state index in [1.165, 1.54) is 6.20 Å². The third-order valence-electron chi connectivity index (χ3n) is 3.30. The summed E-state index contributed by atoms with van der Waals surface area (Å²) in [5, 5.41) is 9.21. The zero-order valence-electron chi connectivity index (χ0n) is 13.1. The van der Waals surface area contributed by atoms with E-state index in [-0.39, 0.29) is 11.7 Å². The van der Waals surface area contributed by atoms with Gasteiger partial charge >= 0.3 is 12.1 Å². The Morgan fingerprint density at radius 3 is 2.41 bits per heavy atom. The van der Waals surface area contributed by atoms with Crippen molar-refractivity contribution in [1.82, 2.24) is 9.88 Å². The van der Waals surface area contributed by atoms with Gasteiger partial charge in [0.15, 0.2) is 0 Å². The van der Waals surface area contributed by atoms with Crippen molar-refractivity contribution in [1.29, 1.82) is 0 Å². The average Bonchev–Trinajstić information content (AvgIpc) is 2.45. The highest BCUT2D eigenvalue weighted by Crippen LogP contribution is 2.21. The predicted molar refractivity (Wildman–Crippen MR) is 81.2 cm³/mol. The normalized spacial score (nSPS) is 15.6. The van der Waals surface area contributed by atoms with Crippen molar-refractivity contribution in [2.24, 2.45) is 0 Å². The monoisotopic (exact) mass is 307 g/mol. The largest absolute Gasteiger partial charge is 0.478 e. The van der Waals surface area contributed by atoms with Gasteiger partial charge in [0.2, 0.25) is 0 Å². The fraction of sp³-hybridized carbons (Fsp3) is 0.533. The molecule has 1 aliphatic heterocycles. The van der Waals surface area contributed by atoms with Gasteiger partial charge in [0.25, 0.3) is 0 Å². The minimum Gasteiger partial charge on any atom is -0.478 e. The highest BCUT2D eigenvalue weighted by Gasteiger charge is 2.27. The molecule has 7 heteroatoms. The molecule has 1 aliphatic rings. The van der Waals surface area contributed by atoms with Crippen LogP contribution in [0.15, 0.2) is 18.5 Å². The number of pyridine rings is 1. The molecule has 1 aromatic heterocycles. The number of aromatic nitrogens is 1. The number of anilines is 1. The molecular weight excluding hydrogens is 286 g/mol. The van der Waals surface area contributed by atoms with Crippen molar-refractivity contribution >= 4 is 17.7 Å². The number of hydrogen-bond donors (Lipinski definition) is 1. The summed E-state index contributed by atoms with van der Waals surface area (Å²) < 4.78 is 5.34. The Balaban J connectivity index is 2.01. The van der Waals surface area contributed by atoms with E-state index in [1.807, 2.05) is 25.7 Å².